The fourth-order valence-corrected chi connectivity index (χ4v) is 0.942. The number of hydrogen-bond donors (Lipinski definition) is 1. The summed E-state index contributed by atoms with van der Waals surface area (Å²) in [5.41, 5.74) is 0. The molecule has 1 aromatic rings. The first-order valence-electron chi connectivity index (χ1n) is 3.69. The summed E-state index contributed by atoms with van der Waals surface area (Å²) in [6.07, 6.45) is 0.960. The molecule has 0 aromatic carbocycles. The molecule has 0 aliphatic rings. The third-order valence-corrected chi connectivity index (χ3v) is 1.62. The molecule has 0 unspecified atom stereocenters. The second-order valence-electron chi connectivity index (χ2n) is 2.38. The molecule has 0 bridgehead atoms. The number of furan rings is 1. The van der Waals surface area contributed by atoms with Gasteiger partial charge in [-0.3, -0.25) is 0 Å². The van der Waals surface area contributed by atoms with Gasteiger partial charge in [0.1, 0.15) is 5.76 Å². The van der Waals surface area contributed by atoms with Crippen LogP contribution in [0.4, 0.5) is 5.88 Å². The number of rotatable bonds is 4. The van der Waals surface area contributed by atoms with Gasteiger partial charge >= 0.3 is 0 Å². The van der Waals surface area contributed by atoms with Crippen LogP contribution in [0, 0.1) is 6.92 Å². The van der Waals surface area contributed by atoms with Crippen LogP contribution in [-0.2, 0) is 0 Å². The van der Waals surface area contributed by atoms with Gasteiger partial charge in [0.25, 0.3) is 0 Å². The van der Waals surface area contributed by atoms with Crippen LogP contribution >= 0.6 is 11.6 Å². The third-order valence-electron chi connectivity index (χ3n) is 1.35. The van der Waals surface area contributed by atoms with Crippen molar-refractivity contribution in [3.63, 3.8) is 0 Å². The minimum absolute atomic E-state index is 0.687. The van der Waals surface area contributed by atoms with Gasteiger partial charge in [-0.2, -0.15) is 0 Å². The molecule has 0 fully saturated rings. The van der Waals surface area contributed by atoms with Crippen molar-refractivity contribution in [2.24, 2.45) is 0 Å². The van der Waals surface area contributed by atoms with Crippen molar-refractivity contribution in [2.45, 2.75) is 13.3 Å². The fraction of sp³-hybridized carbons (Fsp3) is 0.500. The lowest BCUT2D eigenvalue weighted by atomic mass is 10.4. The molecule has 0 aliphatic carbocycles. The smallest absolute Gasteiger partial charge is 0.193 e. The molecule has 0 atom stereocenters. The summed E-state index contributed by atoms with van der Waals surface area (Å²) in [5.74, 6) is 2.44. The maximum Gasteiger partial charge on any atom is 0.193 e. The molecule has 0 saturated heterocycles. The van der Waals surface area contributed by atoms with Crippen molar-refractivity contribution in [3.8, 4) is 0 Å². The van der Waals surface area contributed by atoms with Crippen LogP contribution < -0.4 is 5.32 Å². The van der Waals surface area contributed by atoms with E-state index in [4.69, 9.17) is 16.0 Å². The van der Waals surface area contributed by atoms with E-state index < -0.39 is 0 Å². The van der Waals surface area contributed by atoms with E-state index in [1.165, 1.54) is 0 Å². The van der Waals surface area contributed by atoms with Gasteiger partial charge in [0.05, 0.1) is 0 Å². The Morgan fingerprint density at radius 2 is 2.36 bits per heavy atom. The maximum absolute atomic E-state index is 5.50. The number of nitrogens with one attached hydrogen (secondary N) is 1. The molecule has 0 spiro atoms. The maximum atomic E-state index is 5.50. The summed E-state index contributed by atoms with van der Waals surface area (Å²) in [5, 5.41) is 3.12. The lowest BCUT2D eigenvalue weighted by molar-refractivity contribution is 0.546. The van der Waals surface area contributed by atoms with E-state index in [9.17, 15) is 0 Å². The highest BCUT2D eigenvalue weighted by atomic mass is 35.5. The summed E-state index contributed by atoms with van der Waals surface area (Å²) in [4.78, 5) is 0. The Kier molecular flexibility index (Phi) is 3.30. The third kappa shape index (κ3) is 2.85. The fourth-order valence-electron chi connectivity index (χ4n) is 0.808. The molecule has 0 saturated carbocycles. The Bertz CT molecular complexity index is 210. The van der Waals surface area contributed by atoms with Gasteiger partial charge in [-0.05, 0) is 19.4 Å². The SMILES string of the molecule is Cc1ccc(NCCCCl)o1. The van der Waals surface area contributed by atoms with Crippen molar-refractivity contribution < 1.29 is 4.42 Å². The zero-order valence-electron chi connectivity index (χ0n) is 6.56. The lowest BCUT2D eigenvalue weighted by Crippen LogP contribution is -2.00. The van der Waals surface area contributed by atoms with Crippen molar-refractivity contribution in [2.75, 3.05) is 17.7 Å². The number of alkyl halides is 1. The summed E-state index contributed by atoms with van der Waals surface area (Å²) in [7, 11) is 0. The molecule has 0 radical (unpaired) electrons. The van der Waals surface area contributed by atoms with E-state index in [-0.39, 0.29) is 0 Å². The number of halogens is 1. The van der Waals surface area contributed by atoms with E-state index in [0.717, 1.165) is 24.6 Å². The predicted octanol–water partition coefficient (Wildman–Crippen LogP) is 2.63. The number of aryl methyl sites for hydroxylation is 1. The summed E-state index contributed by atoms with van der Waals surface area (Å²) in [6, 6.07) is 3.85. The Hall–Kier alpha value is -0.630. The summed E-state index contributed by atoms with van der Waals surface area (Å²) < 4.78 is 5.28. The van der Waals surface area contributed by atoms with Crippen molar-refractivity contribution in [3.05, 3.63) is 17.9 Å². The Morgan fingerprint density at radius 3 is 2.91 bits per heavy atom. The minimum atomic E-state index is 0.687. The van der Waals surface area contributed by atoms with Crippen molar-refractivity contribution in [1.82, 2.24) is 0 Å². The largest absolute Gasteiger partial charge is 0.446 e. The zero-order chi connectivity index (χ0) is 8.10. The highest BCUT2D eigenvalue weighted by Gasteiger charge is 1.94. The first kappa shape index (κ1) is 8.47. The number of anilines is 1. The standard InChI is InChI=1S/C8H12ClNO/c1-7-3-4-8(11-7)10-6-2-5-9/h3-4,10H,2,5-6H2,1H3. The second-order valence-corrected chi connectivity index (χ2v) is 2.76. The molecule has 0 aliphatic heterocycles. The van der Waals surface area contributed by atoms with E-state index in [0.29, 0.717) is 5.88 Å². The van der Waals surface area contributed by atoms with Crippen molar-refractivity contribution in [1.29, 1.82) is 0 Å². The van der Waals surface area contributed by atoms with Gasteiger partial charge in [-0.15, -0.1) is 11.6 Å². The summed E-state index contributed by atoms with van der Waals surface area (Å²) >= 11 is 5.50. The molecule has 2 nitrogen and oxygen atoms in total. The zero-order valence-corrected chi connectivity index (χ0v) is 7.32. The molecule has 1 rings (SSSR count). The van der Waals surface area contributed by atoms with Crippen LogP contribution in [0.1, 0.15) is 12.2 Å². The first-order valence-corrected chi connectivity index (χ1v) is 4.22. The van der Waals surface area contributed by atoms with Gasteiger partial charge in [0, 0.05) is 18.5 Å². The van der Waals surface area contributed by atoms with Gasteiger partial charge in [-0.1, -0.05) is 0 Å². The first-order chi connectivity index (χ1) is 5.33. The lowest BCUT2D eigenvalue weighted by Gasteiger charge is -1.98. The van der Waals surface area contributed by atoms with Gasteiger partial charge in [0.2, 0.25) is 0 Å². The molecule has 62 valence electrons. The van der Waals surface area contributed by atoms with Gasteiger partial charge < -0.3 is 9.73 Å². The molecule has 3 heteroatoms. The quantitative estimate of drug-likeness (QED) is 0.560. The van der Waals surface area contributed by atoms with Crippen LogP contribution in [-0.4, -0.2) is 12.4 Å². The predicted molar refractivity (Wildman–Crippen MR) is 47.3 cm³/mol. The van der Waals surface area contributed by atoms with E-state index in [1.807, 2.05) is 19.1 Å². The monoisotopic (exact) mass is 173 g/mol. The highest BCUT2D eigenvalue weighted by molar-refractivity contribution is 6.17. The van der Waals surface area contributed by atoms with E-state index in [2.05, 4.69) is 5.32 Å². The Balaban J connectivity index is 2.27. The minimum Gasteiger partial charge on any atom is -0.446 e. The normalized spacial score (nSPS) is 10.0. The number of hydrogen-bond acceptors (Lipinski definition) is 2. The average molecular weight is 174 g/mol. The molecular weight excluding hydrogens is 162 g/mol. The van der Waals surface area contributed by atoms with Crippen LogP contribution in [0.5, 0.6) is 0 Å². The second kappa shape index (κ2) is 4.29. The average Bonchev–Trinajstić information content (AvgIpc) is 2.37. The van der Waals surface area contributed by atoms with E-state index >= 15 is 0 Å². The topological polar surface area (TPSA) is 25.2 Å². The van der Waals surface area contributed by atoms with Crippen molar-refractivity contribution >= 4 is 17.5 Å². The molecule has 1 heterocycles. The van der Waals surface area contributed by atoms with Crippen LogP contribution in [0.2, 0.25) is 0 Å². The van der Waals surface area contributed by atoms with E-state index in [1.54, 1.807) is 0 Å². The van der Waals surface area contributed by atoms with Crippen LogP contribution in [0.15, 0.2) is 16.5 Å². The highest BCUT2D eigenvalue weighted by Crippen LogP contribution is 2.11. The Morgan fingerprint density at radius 1 is 1.55 bits per heavy atom. The molecule has 11 heavy (non-hydrogen) atoms. The molecule has 1 N–H and O–H groups in total. The Labute approximate surface area is 71.5 Å². The summed E-state index contributed by atoms with van der Waals surface area (Å²) in [6.45, 7) is 2.79. The molecular formula is C8H12ClNO. The van der Waals surface area contributed by atoms with Crippen LogP contribution in [0.3, 0.4) is 0 Å². The van der Waals surface area contributed by atoms with Crippen LogP contribution in [0.25, 0.3) is 0 Å². The van der Waals surface area contributed by atoms with Gasteiger partial charge in [-0.25, -0.2) is 0 Å². The molecule has 0 amide bonds. The molecule has 1 aromatic heterocycles. The van der Waals surface area contributed by atoms with Gasteiger partial charge in [0.15, 0.2) is 5.88 Å².